The molecular weight excluding hydrogens is 270 g/mol. The fraction of sp³-hybridized carbons (Fsp3) is 0.400. The highest BCUT2D eigenvalue weighted by Gasteiger charge is 2.23. The molecular formula is C10H15N5O3S. The van der Waals surface area contributed by atoms with Crippen molar-refractivity contribution in [1.29, 1.82) is 0 Å². The number of aryl methyl sites for hydroxylation is 3. The molecule has 2 aromatic heterocycles. The van der Waals surface area contributed by atoms with Gasteiger partial charge in [0.05, 0.1) is 12.0 Å². The first-order valence-corrected chi connectivity index (χ1v) is 6.99. The first-order valence-electron chi connectivity index (χ1n) is 5.51. The van der Waals surface area contributed by atoms with Crippen LogP contribution in [-0.2, 0) is 23.6 Å². The maximum absolute atomic E-state index is 12.1. The van der Waals surface area contributed by atoms with Gasteiger partial charge >= 0.3 is 0 Å². The number of hydrogen-bond donors (Lipinski definition) is 2. The molecule has 2 heterocycles. The van der Waals surface area contributed by atoms with E-state index < -0.39 is 10.0 Å². The van der Waals surface area contributed by atoms with Crippen molar-refractivity contribution < 1.29 is 12.9 Å². The molecule has 0 aromatic carbocycles. The van der Waals surface area contributed by atoms with Crippen molar-refractivity contribution >= 4 is 15.8 Å². The number of aromatic nitrogens is 3. The molecule has 0 saturated heterocycles. The minimum Gasteiger partial charge on any atom is -0.381 e. The van der Waals surface area contributed by atoms with Crippen molar-refractivity contribution in [2.24, 2.45) is 7.05 Å². The number of sulfonamides is 1. The zero-order valence-corrected chi connectivity index (χ0v) is 11.7. The summed E-state index contributed by atoms with van der Waals surface area (Å²) < 4.78 is 33.1. The van der Waals surface area contributed by atoms with Crippen molar-refractivity contribution in [3.05, 3.63) is 23.3 Å². The number of nitrogen functional groups attached to an aromatic ring is 1. The molecule has 0 radical (unpaired) electrons. The van der Waals surface area contributed by atoms with E-state index in [0.717, 1.165) is 0 Å². The van der Waals surface area contributed by atoms with E-state index >= 15 is 0 Å². The van der Waals surface area contributed by atoms with Crippen LogP contribution in [0.5, 0.6) is 0 Å². The van der Waals surface area contributed by atoms with Crippen LogP contribution in [0.4, 0.5) is 5.82 Å². The summed E-state index contributed by atoms with van der Waals surface area (Å²) in [7, 11) is -2.17. The molecule has 8 nitrogen and oxygen atoms in total. The van der Waals surface area contributed by atoms with Crippen molar-refractivity contribution in [3.8, 4) is 0 Å². The molecule has 0 aliphatic rings. The first kappa shape index (κ1) is 13.6. The molecule has 104 valence electrons. The lowest BCUT2D eigenvalue weighted by Gasteiger charge is -2.07. The molecule has 19 heavy (non-hydrogen) atoms. The van der Waals surface area contributed by atoms with Crippen molar-refractivity contribution in [2.45, 2.75) is 25.4 Å². The van der Waals surface area contributed by atoms with E-state index in [-0.39, 0.29) is 17.4 Å². The normalized spacial score (nSPS) is 11.9. The first-order chi connectivity index (χ1) is 8.83. The van der Waals surface area contributed by atoms with E-state index in [0.29, 0.717) is 17.0 Å². The van der Waals surface area contributed by atoms with Crippen LogP contribution in [0.15, 0.2) is 15.9 Å². The summed E-state index contributed by atoms with van der Waals surface area (Å²) in [6, 6.07) is 0. The summed E-state index contributed by atoms with van der Waals surface area (Å²) in [5.74, 6) is 0.548. The lowest BCUT2D eigenvalue weighted by atomic mass is 10.2. The fourth-order valence-corrected chi connectivity index (χ4v) is 2.98. The molecule has 0 bridgehead atoms. The van der Waals surface area contributed by atoms with Gasteiger partial charge < -0.3 is 14.8 Å². The molecule has 0 spiro atoms. The van der Waals surface area contributed by atoms with E-state index in [1.165, 1.54) is 10.9 Å². The number of rotatable bonds is 4. The molecule has 0 amide bonds. The second-order valence-corrected chi connectivity index (χ2v) is 5.86. The Morgan fingerprint density at radius 1 is 1.47 bits per heavy atom. The Kier molecular flexibility index (Phi) is 3.33. The Balaban J connectivity index is 2.24. The molecule has 2 rings (SSSR count). The van der Waals surface area contributed by atoms with Gasteiger partial charge in [-0.1, -0.05) is 5.16 Å². The van der Waals surface area contributed by atoms with Crippen LogP contribution < -0.4 is 10.5 Å². The minimum absolute atomic E-state index is 0.0336. The van der Waals surface area contributed by atoms with Crippen LogP contribution in [0, 0.1) is 13.8 Å². The van der Waals surface area contributed by atoms with Gasteiger partial charge in [0.25, 0.3) is 10.0 Å². The van der Waals surface area contributed by atoms with Crippen LogP contribution in [-0.4, -0.2) is 23.1 Å². The van der Waals surface area contributed by atoms with Gasteiger partial charge in [0.1, 0.15) is 5.76 Å². The van der Waals surface area contributed by atoms with Gasteiger partial charge in [-0.05, 0) is 13.8 Å². The van der Waals surface area contributed by atoms with Crippen LogP contribution in [0.1, 0.15) is 17.0 Å². The van der Waals surface area contributed by atoms with Crippen LogP contribution in [0.25, 0.3) is 0 Å². The number of imidazole rings is 1. The Bertz CT molecular complexity index is 662. The van der Waals surface area contributed by atoms with E-state index in [1.807, 2.05) is 0 Å². The third kappa shape index (κ3) is 2.47. The minimum atomic E-state index is -3.73. The third-order valence-electron chi connectivity index (χ3n) is 2.78. The maximum Gasteiger partial charge on any atom is 0.260 e. The molecule has 0 fully saturated rings. The Hall–Kier alpha value is -1.87. The molecule has 9 heteroatoms. The summed E-state index contributed by atoms with van der Waals surface area (Å²) in [6.07, 6.45) is 1.35. The van der Waals surface area contributed by atoms with Gasteiger partial charge in [-0.3, -0.25) is 0 Å². The van der Waals surface area contributed by atoms with E-state index in [9.17, 15) is 8.42 Å². The lowest BCUT2D eigenvalue weighted by Crippen LogP contribution is -2.26. The smallest absolute Gasteiger partial charge is 0.260 e. The standard InChI is InChI=1S/C10H15N5O3S/c1-6-8(7(2)18-14-6)4-13-19(16,17)10-9(11)12-5-15(10)3/h5,13H,4,11H2,1-3H3. The SMILES string of the molecule is Cc1noc(C)c1CNS(=O)(=O)c1c(N)ncn1C. The molecule has 2 aromatic rings. The molecule has 0 saturated carbocycles. The Morgan fingerprint density at radius 3 is 2.63 bits per heavy atom. The zero-order valence-electron chi connectivity index (χ0n) is 10.8. The summed E-state index contributed by atoms with van der Waals surface area (Å²) in [4.78, 5) is 3.75. The largest absolute Gasteiger partial charge is 0.381 e. The highest BCUT2D eigenvalue weighted by molar-refractivity contribution is 7.89. The van der Waals surface area contributed by atoms with Gasteiger partial charge in [0.2, 0.25) is 0 Å². The van der Waals surface area contributed by atoms with Gasteiger partial charge in [-0.2, -0.15) is 0 Å². The quantitative estimate of drug-likeness (QED) is 0.822. The number of nitrogens with zero attached hydrogens (tertiary/aromatic N) is 3. The highest BCUT2D eigenvalue weighted by atomic mass is 32.2. The molecule has 0 aliphatic carbocycles. The van der Waals surface area contributed by atoms with E-state index in [1.54, 1.807) is 20.9 Å². The molecule has 0 aliphatic heterocycles. The lowest BCUT2D eigenvalue weighted by molar-refractivity contribution is 0.392. The van der Waals surface area contributed by atoms with Crippen molar-refractivity contribution in [3.63, 3.8) is 0 Å². The average Bonchev–Trinajstić information content (AvgIpc) is 2.81. The fourth-order valence-electron chi connectivity index (χ4n) is 1.75. The monoisotopic (exact) mass is 285 g/mol. The summed E-state index contributed by atoms with van der Waals surface area (Å²) >= 11 is 0. The number of anilines is 1. The van der Waals surface area contributed by atoms with Gasteiger partial charge in [0.15, 0.2) is 10.8 Å². The summed E-state index contributed by atoms with van der Waals surface area (Å²) in [6.45, 7) is 3.56. The van der Waals surface area contributed by atoms with Gasteiger partial charge in [-0.25, -0.2) is 18.1 Å². The molecule has 0 unspecified atom stereocenters. The van der Waals surface area contributed by atoms with E-state index in [4.69, 9.17) is 10.3 Å². The van der Waals surface area contributed by atoms with Crippen molar-refractivity contribution in [1.82, 2.24) is 19.4 Å². The maximum atomic E-state index is 12.1. The van der Waals surface area contributed by atoms with Crippen LogP contribution >= 0.6 is 0 Å². The van der Waals surface area contributed by atoms with Crippen LogP contribution in [0.3, 0.4) is 0 Å². The third-order valence-corrected chi connectivity index (χ3v) is 4.31. The van der Waals surface area contributed by atoms with Gasteiger partial charge in [0, 0.05) is 19.2 Å². The predicted molar refractivity (Wildman–Crippen MR) is 67.6 cm³/mol. The van der Waals surface area contributed by atoms with Crippen molar-refractivity contribution in [2.75, 3.05) is 5.73 Å². The molecule has 3 N–H and O–H groups in total. The van der Waals surface area contributed by atoms with E-state index in [2.05, 4.69) is 14.9 Å². The summed E-state index contributed by atoms with van der Waals surface area (Å²) in [5.41, 5.74) is 6.92. The number of nitrogens with two attached hydrogens (primary N) is 1. The van der Waals surface area contributed by atoms with Gasteiger partial charge in [-0.15, -0.1) is 0 Å². The summed E-state index contributed by atoms with van der Waals surface area (Å²) in [5, 5.41) is 3.71. The second kappa shape index (κ2) is 4.67. The topological polar surface area (TPSA) is 116 Å². The highest BCUT2D eigenvalue weighted by Crippen LogP contribution is 2.17. The Labute approximate surface area is 110 Å². The molecule has 0 atom stereocenters. The Morgan fingerprint density at radius 2 is 2.16 bits per heavy atom. The average molecular weight is 285 g/mol. The second-order valence-electron chi connectivity index (χ2n) is 4.17. The zero-order chi connectivity index (χ0) is 14.2. The van der Waals surface area contributed by atoms with Crippen LogP contribution in [0.2, 0.25) is 0 Å². The number of nitrogens with one attached hydrogen (secondary N) is 1. The number of hydrogen-bond acceptors (Lipinski definition) is 6. The predicted octanol–water partition coefficient (Wildman–Crippen LogP) is 0.0856.